The van der Waals surface area contributed by atoms with Gasteiger partial charge in [0.05, 0.1) is 36.9 Å². The monoisotopic (exact) mass is 404 g/mol. The highest BCUT2D eigenvalue weighted by Gasteiger charge is 2.23. The van der Waals surface area contributed by atoms with E-state index in [0.29, 0.717) is 12.3 Å². The number of aliphatic hydroxyl groups is 1. The van der Waals surface area contributed by atoms with Gasteiger partial charge in [-0.25, -0.2) is 0 Å². The molecule has 0 unspecified atom stereocenters. The summed E-state index contributed by atoms with van der Waals surface area (Å²) in [4.78, 5) is 14.7. The second-order valence-corrected chi connectivity index (χ2v) is 7.47. The number of amides is 1. The quantitative estimate of drug-likeness (QED) is 0.653. The van der Waals surface area contributed by atoms with Crippen molar-refractivity contribution in [1.29, 1.82) is 0 Å². The fourth-order valence-corrected chi connectivity index (χ4v) is 3.65. The molecule has 0 bridgehead atoms. The first-order valence-corrected chi connectivity index (χ1v) is 9.90. The summed E-state index contributed by atoms with van der Waals surface area (Å²) in [5, 5.41) is 13.8. The van der Waals surface area contributed by atoms with Crippen molar-refractivity contribution >= 4 is 28.9 Å². The Labute approximate surface area is 170 Å². The van der Waals surface area contributed by atoms with E-state index in [1.54, 1.807) is 24.3 Å². The Morgan fingerprint density at radius 2 is 1.89 bits per heavy atom. The minimum atomic E-state index is -0.531. The number of nitrogens with zero attached hydrogens (tertiary/aromatic N) is 1. The van der Waals surface area contributed by atoms with Crippen molar-refractivity contribution in [1.82, 2.24) is 0 Å². The lowest BCUT2D eigenvalue weighted by molar-refractivity contribution is -0.903. The molecule has 1 aliphatic rings. The van der Waals surface area contributed by atoms with Gasteiger partial charge in [-0.05, 0) is 36.4 Å². The van der Waals surface area contributed by atoms with Gasteiger partial charge >= 0.3 is 0 Å². The van der Waals surface area contributed by atoms with Crippen LogP contribution in [-0.4, -0.2) is 56.4 Å². The smallest absolute Gasteiger partial charge is 0.221 e. The van der Waals surface area contributed by atoms with Crippen LogP contribution in [0, 0.1) is 0 Å². The summed E-state index contributed by atoms with van der Waals surface area (Å²) in [6, 6.07) is 15.0. The molecule has 2 aromatic carbocycles. The Morgan fingerprint density at radius 1 is 1.21 bits per heavy atom. The number of anilines is 2. The Hall–Kier alpha value is -2.28. The van der Waals surface area contributed by atoms with Crippen molar-refractivity contribution < 1.29 is 19.5 Å². The van der Waals surface area contributed by atoms with E-state index in [9.17, 15) is 9.90 Å². The van der Waals surface area contributed by atoms with Gasteiger partial charge in [0.15, 0.2) is 0 Å². The van der Waals surface area contributed by atoms with Crippen molar-refractivity contribution in [3.63, 3.8) is 0 Å². The minimum absolute atomic E-state index is 0.110. The zero-order valence-corrected chi connectivity index (χ0v) is 16.8. The van der Waals surface area contributed by atoms with Crippen LogP contribution in [0.15, 0.2) is 48.5 Å². The largest absolute Gasteiger partial charge is 0.491 e. The standard InChI is InChI=1S/C21H26ClN3O3/c1-16(26)23-17-6-8-19(9-7-17)28-15-18(27)14-24-10-12-25(13-11-24)21-5-3-2-4-20(21)22/h2-9,18,27H,10-15H2,1H3,(H,23,26)/p+1/t18-/m1/s1. The molecule has 0 radical (unpaired) electrons. The first kappa shape index (κ1) is 20.5. The maximum absolute atomic E-state index is 11.0. The molecule has 3 N–H and O–H groups in total. The van der Waals surface area contributed by atoms with Gasteiger partial charge < -0.3 is 25.0 Å². The SMILES string of the molecule is CC(=O)Nc1ccc(OC[C@H](O)C[NH+]2CCN(c3ccccc3Cl)CC2)cc1. The van der Waals surface area contributed by atoms with Crippen LogP contribution in [0.3, 0.4) is 0 Å². The summed E-state index contributed by atoms with van der Waals surface area (Å²) in [6.07, 6.45) is -0.531. The van der Waals surface area contributed by atoms with Gasteiger partial charge in [-0.15, -0.1) is 0 Å². The van der Waals surface area contributed by atoms with Crippen LogP contribution in [0.2, 0.25) is 5.02 Å². The number of halogens is 1. The van der Waals surface area contributed by atoms with Crippen molar-refractivity contribution in [2.24, 2.45) is 0 Å². The van der Waals surface area contributed by atoms with E-state index in [2.05, 4.69) is 10.2 Å². The van der Waals surface area contributed by atoms with Crippen LogP contribution in [0.5, 0.6) is 5.75 Å². The molecule has 6 nitrogen and oxygen atoms in total. The molecule has 150 valence electrons. The fraction of sp³-hybridized carbons (Fsp3) is 0.381. The molecule has 1 fully saturated rings. The van der Waals surface area contributed by atoms with E-state index in [4.69, 9.17) is 16.3 Å². The molecule has 3 rings (SSSR count). The molecular weight excluding hydrogens is 378 g/mol. The maximum atomic E-state index is 11.0. The summed E-state index contributed by atoms with van der Waals surface area (Å²) in [7, 11) is 0. The topological polar surface area (TPSA) is 66.2 Å². The van der Waals surface area contributed by atoms with Gasteiger partial charge in [-0.1, -0.05) is 23.7 Å². The van der Waals surface area contributed by atoms with Gasteiger partial charge in [0, 0.05) is 12.6 Å². The Morgan fingerprint density at radius 3 is 2.54 bits per heavy atom. The molecule has 1 atom stereocenters. The molecule has 0 saturated carbocycles. The molecule has 0 spiro atoms. The van der Waals surface area contributed by atoms with Crippen molar-refractivity contribution in [3.05, 3.63) is 53.6 Å². The summed E-state index contributed by atoms with van der Waals surface area (Å²) in [5.41, 5.74) is 1.80. The number of ether oxygens (including phenoxy) is 1. The predicted molar refractivity (Wildman–Crippen MR) is 111 cm³/mol. The highest BCUT2D eigenvalue weighted by atomic mass is 35.5. The van der Waals surface area contributed by atoms with Crippen molar-refractivity contribution in [2.75, 3.05) is 49.5 Å². The minimum Gasteiger partial charge on any atom is -0.491 e. The number of rotatable bonds is 7. The second-order valence-electron chi connectivity index (χ2n) is 7.06. The number of para-hydroxylation sites is 1. The number of benzene rings is 2. The molecule has 2 aromatic rings. The molecule has 0 aromatic heterocycles. The number of carbonyl (C=O) groups excluding carboxylic acids is 1. The number of carbonyl (C=O) groups is 1. The molecule has 0 aliphatic carbocycles. The third kappa shape index (κ3) is 5.86. The first-order valence-electron chi connectivity index (χ1n) is 9.53. The summed E-state index contributed by atoms with van der Waals surface area (Å²) >= 11 is 6.29. The molecule has 28 heavy (non-hydrogen) atoms. The van der Waals surface area contributed by atoms with E-state index >= 15 is 0 Å². The summed E-state index contributed by atoms with van der Waals surface area (Å²) in [6.45, 7) is 6.10. The molecule has 7 heteroatoms. The highest BCUT2D eigenvalue weighted by Crippen LogP contribution is 2.24. The summed E-state index contributed by atoms with van der Waals surface area (Å²) < 4.78 is 5.67. The average molecular weight is 405 g/mol. The lowest BCUT2D eigenvalue weighted by Gasteiger charge is -2.34. The van der Waals surface area contributed by atoms with Gasteiger partial charge in [-0.3, -0.25) is 4.79 Å². The lowest BCUT2D eigenvalue weighted by atomic mass is 10.2. The van der Waals surface area contributed by atoms with Crippen LogP contribution in [0.25, 0.3) is 0 Å². The molecule has 1 aliphatic heterocycles. The molecule has 1 saturated heterocycles. The fourth-order valence-electron chi connectivity index (χ4n) is 3.40. The zero-order chi connectivity index (χ0) is 19.9. The Bertz CT molecular complexity index is 777. The van der Waals surface area contributed by atoms with Crippen molar-refractivity contribution in [2.45, 2.75) is 13.0 Å². The lowest BCUT2D eigenvalue weighted by Crippen LogP contribution is -3.16. The molecule has 1 amide bonds. The number of aliphatic hydroxyl groups excluding tert-OH is 1. The van der Waals surface area contributed by atoms with E-state index < -0.39 is 6.10 Å². The first-order chi connectivity index (χ1) is 13.5. The van der Waals surface area contributed by atoms with Gasteiger partial charge in [0.25, 0.3) is 0 Å². The van der Waals surface area contributed by atoms with E-state index in [1.807, 2.05) is 24.3 Å². The number of quaternary nitrogens is 1. The average Bonchev–Trinajstić information content (AvgIpc) is 2.68. The van der Waals surface area contributed by atoms with Gasteiger partial charge in [-0.2, -0.15) is 0 Å². The summed E-state index contributed by atoms with van der Waals surface area (Å²) in [5.74, 6) is 0.563. The normalized spacial score (nSPS) is 15.9. The van der Waals surface area contributed by atoms with Gasteiger partial charge in [0.1, 0.15) is 25.0 Å². The van der Waals surface area contributed by atoms with Crippen LogP contribution < -0.4 is 19.9 Å². The zero-order valence-electron chi connectivity index (χ0n) is 16.0. The Kier molecular flexibility index (Phi) is 7.14. The Balaban J connectivity index is 1.40. The third-order valence-corrected chi connectivity index (χ3v) is 5.12. The second kappa shape index (κ2) is 9.78. The number of nitrogens with one attached hydrogen (secondary N) is 2. The molecule has 1 heterocycles. The van der Waals surface area contributed by atoms with Gasteiger partial charge in [0.2, 0.25) is 5.91 Å². The van der Waals surface area contributed by atoms with Crippen LogP contribution in [-0.2, 0) is 4.79 Å². The predicted octanol–water partition coefficient (Wildman–Crippen LogP) is 1.44. The number of hydrogen-bond donors (Lipinski definition) is 3. The molecular formula is C21H27ClN3O3+. The third-order valence-electron chi connectivity index (χ3n) is 4.81. The van der Waals surface area contributed by atoms with Crippen LogP contribution in [0.1, 0.15) is 6.92 Å². The van der Waals surface area contributed by atoms with E-state index in [0.717, 1.165) is 42.6 Å². The number of piperazine rings is 1. The van der Waals surface area contributed by atoms with Crippen LogP contribution >= 0.6 is 11.6 Å². The van der Waals surface area contributed by atoms with E-state index in [-0.39, 0.29) is 12.5 Å². The maximum Gasteiger partial charge on any atom is 0.221 e. The van der Waals surface area contributed by atoms with E-state index in [1.165, 1.54) is 11.8 Å². The highest BCUT2D eigenvalue weighted by molar-refractivity contribution is 6.33. The van der Waals surface area contributed by atoms with Crippen molar-refractivity contribution in [3.8, 4) is 5.75 Å². The number of hydrogen-bond acceptors (Lipinski definition) is 4. The van der Waals surface area contributed by atoms with Crippen LogP contribution in [0.4, 0.5) is 11.4 Å².